The van der Waals surface area contributed by atoms with Crippen molar-refractivity contribution in [2.24, 2.45) is 0 Å². The van der Waals surface area contributed by atoms with Crippen molar-refractivity contribution >= 4 is 22.9 Å². The minimum absolute atomic E-state index is 0.555. The number of pyridine rings is 1. The number of benzene rings is 3. The minimum atomic E-state index is 0.555. The molecule has 4 aromatic rings. The Morgan fingerprint density at radius 2 is 1.64 bits per heavy atom. The van der Waals surface area contributed by atoms with E-state index in [9.17, 15) is 4.79 Å². The molecule has 4 rings (SSSR count). The number of hydrogen-bond donors (Lipinski definition) is 1. The Morgan fingerprint density at radius 1 is 0.857 bits per heavy atom. The number of aromatic nitrogens is 1. The Bertz CT molecular complexity index is 1190. The van der Waals surface area contributed by atoms with Gasteiger partial charge in [0.05, 0.1) is 5.52 Å². The number of para-hydroxylation sites is 1. The number of rotatable bonds is 4. The van der Waals surface area contributed by atoms with Gasteiger partial charge < -0.3 is 5.32 Å². The SMILES string of the molecule is O=Cc1ccccc1NCc1cc(C#Cc2ccccc2)cc2cccnc12. The van der Waals surface area contributed by atoms with E-state index in [1.54, 1.807) is 12.3 Å². The van der Waals surface area contributed by atoms with Crippen molar-refractivity contribution in [3.8, 4) is 11.8 Å². The zero-order valence-corrected chi connectivity index (χ0v) is 15.2. The van der Waals surface area contributed by atoms with Crippen molar-refractivity contribution in [3.63, 3.8) is 0 Å². The third kappa shape index (κ3) is 3.92. The number of carbonyl (C=O) groups excluding carboxylic acids is 1. The Balaban J connectivity index is 1.69. The number of hydrogen-bond acceptors (Lipinski definition) is 3. The van der Waals surface area contributed by atoms with E-state index in [0.29, 0.717) is 12.1 Å². The van der Waals surface area contributed by atoms with Crippen molar-refractivity contribution in [2.75, 3.05) is 5.32 Å². The first-order valence-electron chi connectivity index (χ1n) is 9.06. The number of fused-ring (bicyclic) bond motifs is 1. The van der Waals surface area contributed by atoms with Crippen LogP contribution in [0.3, 0.4) is 0 Å². The quantitative estimate of drug-likeness (QED) is 0.408. The summed E-state index contributed by atoms with van der Waals surface area (Å²) in [7, 11) is 0. The fourth-order valence-electron chi connectivity index (χ4n) is 3.09. The molecular formula is C25H18N2O. The normalized spacial score (nSPS) is 10.1. The lowest BCUT2D eigenvalue weighted by molar-refractivity contribution is 0.112. The van der Waals surface area contributed by atoms with Gasteiger partial charge in [-0.25, -0.2) is 0 Å². The van der Waals surface area contributed by atoms with Crippen molar-refractivity contribution in [2.45, 2.75) is 6.54 Å². The minimum Gasteiger partial charge on any atom is -0.380 e. The van der Waals surface area contributed by atoms with Crippen molar-refractivity contribution in [1.82, 2.24) is 4.98 Å². The van der Waals surface area contributed by atoms with Gasteiger partial charge in [-0.2, -0.15) is 0 Å². The predicted octanol–water partition coefficient (Wildman–Crippen LogP) is 5.06. The molecule has 0 unspecified atom stereocenters. The van der Waals surface area contributed by atoms with Crippen LogP contribution in [0, 0.1) is 11.8 Å². The molecule has 3 nitrogen and oxygen atoms in total. The Hall–Kier alpha value is -3.90. The third-order valence-corrected chi connectivity index (χ3v) is 4.47. The van der Waals surface area contributed by atoms with E-state index in [1.165, 1.54) is 0 Å². The van der Waals surface area contributed by atoms with Gasteiger partial charge in [0.25, 0.3) is 0 Å². The molecule has 0 radical (unpaired) electrons. The summed E-state index contributed by atoms with van der Waals surface area (Å²) in [5.74, 6) is 6.46. The number of anilines is 1. The summed E-state index contributed by atoms with van der Waals surface area (Å²) in [6.45, 7) is 0.555. The molecule has 0 bridgehead atoms. The van der Waals surface area contributed by atoms with Crippen LogP contribution in [0.15, 0.2) is 85.1 Å². The van der Waals surface area contributed by atoms with Crippen LogP contribution in [0.2, 0.25) is 0 Å². The first-order valence-corrected chi connectivity index (χ1v) is 9.06. The topological polar surface area (TPSA) is 42.0 Å². The summed E-state index contributed by atoms with van der Waals surface area (Å²) >= 11 is 0. The van der Waals surface area contributed by atoms with Gasteiger partial charge in [-0.05, 0) is 48.0 Å². The maximum Gasteiger partial charge on any atom is 0.152 e. The smallest absolute Gasteiger partial charge is 0.152 e. The van der Waals surface area contributed by atoms with E-state index in [-0.39, 0.29) is 0 Å². The van der Waals surface area contributed by atoms with E-state index in [2.05, 4.69) is 34.3 Å². The van der Waals surface area contributed by atoms with Crippen LogP contribution in [0.4, 0.5) is 5.69 Å². The summed E-state index contributed by atoms with van der Waals surface area (Å²) in [5.41, 5.74) is 5.33. The molecule has 0 aliphatic rings. The van der Waals surface area contributed by atoms with Gasteiger partial charge in [0.15, 0.2) is 6.29 Å². The standard InChI is InChI=1S/C25H18N2O/c28-18-22-9-4-5-11-24(22)27-17-23-16-20(13-12-19-7-2-1-3-8-19)15-21-10-6-14-26-25(21)23/h1-11,14-16,18,27H,17H2. The molecule has 0 aliphatic heterocycles. The van der Waals surface area contributed by atoms with E-state index < -0.39 is 0 Å². The largest absolute Gasteiger partial charge is 0.380 e. The molecule has 0 aliphatic carbocycles. The molecule has 134 valence electrons. The Kier molecular flexibility index (Phi) is 5.13. The lowest BCUT2D eigenvalue weighted by Crippen LogP contribution is -2.03. The molecule has 0 saturated heterocycles. The highest BCUT2D eigenvalue weighted by Crippen LogP contribution is 2.21. The Morgan fingerprint density at radius 3 is 2.50 bits per heavy atom. The van der Waals surface area contributed by atoms with E-state index in [4.69, 9.17) is 0 Å². The van der Waals surface area contributed by atoms with Gasteiger partial charge in [0.2, 0.25) is 0 Å². The zero-order chi connectivity index (χ0) is 19.2. The zero-order valence-electron chi connectivity index (χ0n) is 15.2. The molecule has 0 saturated carbocycles. The molecule has 1 aromatic heterocycles. The van der Waals surface area contributed by atoms with Gasteiger partial charge in [0.1, 0.15) is 0 Å². The second kappa shape index (κ2) is 8.20. The monoisotopic (exact) mass is 362 g/mol. The van der Waals surface area contributed by atoms with Crippen LogP contribution in [0.5, 0.6) is 0 Å². The van der Waals surface area contributed by atoms with Crippen LogP contribution in [0.1, 0.15) is 27.0 Å². The van der Waals surface area contributed by atoms with Gasteiger partial charge in [-0.1, -0.05) is 48.2 Å². The second-order valence-electron chi connectivity index (χ2n) is 6.39. The number of aldehydes is 1. The average molecular weight is 362 g/mol. The maximum absolute atomic E-state index is 11.3. The van der Waals surface area contributed by atoms with Crippen LogP contribution in [-0.2, 0) is 6.54 Å². The van der Waals surface area contributed by atoms with Crippen molar-refractivity contribution in [3.05, 3.63) is 107 Å². The third-order valence-electron chi connectivity index (χ3n) is 4.47. The van der Waals surface area contributed by atoms with Gasteiger partial charge >= 0.3 is 0 Å². The fourth-order valence-corrected chi connectivity index (χ4v) is 3.09. The first kappa shape index (κ1) is 17.5. The van der Waals surface area contributed by atoms with E-state index in [1.807, 2.05) is 60.7 Å². The van der Waals surface area contributed by atoms with Gasteiger partial charge in [-0.15, -0.1) is 0 Å². The Labute approximate surface area is 164 Å². The molecule has 1 N–H and O–H groups in total. The number of carbonyl (C=O) groups is 1. The molecule has 28 heavy (non-hydrogen) atoms. The summed E-state index contributed by atoms with van der Waals surface area (Å²) < 4.78 is 0. The van der Waals surface area contributed by atoms with Crippen LogP contribution in [-0.4, -0.2) is 11.3 Å². The van der Waals surface area contributed by atoms with E-state index in [0.717, 1.165) is 39.6 Å². The highest BCUT2D eigenvalue weighted by Gasteiger charge is 2.06. The average Bonchev–Trinajstić information content (AvgIpc) is 2.77. The van der Waals surface area contributed by atoms with Crippen LogP contribution >= 0.6 is 0 Å². The molecule has 3 aromatic carbocycles. The van der Waals surface area contributed by atoms with Crippen molar-refractivity contribution in [1.29, 1.82) is 0 Å². The van der Waals surface area contributed by atoms with Crippen molar-refractivity contribution < 1.29 is 4.79 Å². The summed E-state index contributed by atoms with van der Waals surface area (Å²) in [6.07, 6.45) is 2.65. The molecular weight excluding hydrogens is 344 g/mol. The molecule has 0 amide bonds. The lowest BCUT2D eigenvalue weighted by Gasteiger charge is -2.11. The number of nitrogens with zero attached hydrogens (tertiary/aromatic N) is 1. The first-order chi connectivity index (χ1) is 13.8. The maximum atomic E-state index is 11.3. The summed E-state index contributed by atoms with van der Waals surface area (Å²) in [5, 5.41) is 4.40. The second-order valence-corrected chi connectivity index (χ2v) is 6.39. The van der Waals surface area contributed by atoms with Gasteiger partial charge in [0, 0.05) is 40.5 Å². The molecule has 0 fully saturated rings. The molecule has 1 heterocycles. The highest BCUT2D eigenvalue weighted by molar-refractivity contribution is 5.85. The van der Waals surface area contributed by atoms with E-state index >= 15 is 0 Å². The lowest BCUT2D eigenvalue weighted by atomic mass is 10.0. The van der Waals surface area contributed by atoms with Crippen LogP contribution in [0.25, 0.3) is 10.9 Å². The summed E-state index contributed by atoms with van der Waals surface area (Å²) in [6, 6.07) is 25.5. The van der Waals surface area contributed by atoms with Gasteiger partial charge in [-0.3, -0.25) is 9.78 Å². The number of nitrogens with one attached hydrogen (secondary N) is 1. The molecule has 3 heteroatoms. The highest BCUT2D eigenvalue weighted by atomic mass is 16.1. The molecule has 0 atom stereocenters. The fraction of sp³-hybridized carbons (Fsp3) is 0.0400. The molecule has 0 spiro atoms. The summed E-state index contributed by atoms with van der Waals surface area (Å²) in [4.78, 5) is 15.8. The van der Waals surface area contributed by atoms with Crippen LogP contribution < -0.4 is 5.32 Å². The predicted molar refractivity (Wildman–Crippen MR) is 113 cm³/mol.